The predicted molar refractivity (Wildman–Crippen MR) is 105 cm³/mol. The Balaban J connectivity index is 1.50. The lowest BCUT2D eigenvalue weighted by Crippen LogP contribution is -2.34. The van der Waals surface area contributed by atoms with E-state index in [1.165, 1.54) is 12.1 Å². The summed E-state index contributed by atoms with van der Waals surface area (Å²) in [5, 5.41) is 3.01. The molecule has 5 nitrogen and oxygen atoms in total. The molecule has 6 heteroatoms. The first-order chi connectivity index (χ1) is 13.6. The Labute approximate surface area is 161 Å². The summed E-state index contributed by atoms with van der Waals surface area (Å²) in [5.41, 5.74) is 3.89. The van der Waals surface area contributed by atoms with Crippen molar-refractivity contribution in [2.24, 2.45) is 0 Å². The van der Waals surface area contributed by atoms with Gasteiger partial charge >= 0.3 is 0 Å². The molecular weight excluding hydrogens is 355 g/mol. The Morgan fingerprint density at radius 1 is 1.14 bits per heavy atom. The second kappa shape index (κ2) is 7.60. The van der Waals surface area contributed by atoms with E-state index < -0.39 is 0 Å². The van der Waals surface area contributed by atoms with Crippen molar-refractivity contribution in [1.82, 2.24) is 19.7 Å². The van der Waals surface area contributed by atoms with Gasteiger partial charge in [-0.25, -0.2) is 9.37 Å². The Morgan fingerprint density at radius 3 is 2.71 bits per heavy atom. The van der Waals surface area contributed by atoms with Gasteiger partial charge in [0.05, 0.1) is 11.3 Å². The molecule has 0 fully saturated rings. The minimum absolute atomic E-state index is 0.0232. The number of pyridine rings is 2. The lowest BCUT2D eigenvalue weighted by Gasteiger charge is -2.14. The van der Waals surface area contributed by atoms with Gasteiger partial charge in [-0.1, -0.05) is 6.07 Å². The molecule has 1 N–H and O–H groups in total. The van der Waals surface area contributed by atoms with Gasteiger partial charge < -0.3 is 9.72 Å². The van der Waals surface area contributed by atoms with Crippen LogP contribution in [0.3, 0.4) is 0 Å². The second-order valence-corrected chi connectivity index (χ2v) is 6.76. The Morgan fingerprint density at radius 2 is 1.96 bits per heavy atom. The molecule has 0 radical (unpaired) electrons. The number of imidazole rings is 1. The third kappa shape index (κ3) is 3.91. The molecule has 0 aliphatic rings. The first-order valence-corrected chi connectivity index (χ1v) is 9.03. The summed E-state index contributed by atoms with van der Waals surface area (Å²) < 4.78 is 14.9. The van der Waals surface area contributed by atoms with Crippen LogP contribution in [-0.4, -0.2) is 26.3 Å². The average Bonchev–Trinajstić information content (AvgIpc) is 3.12. The van der Waals surface area contributed by atoms with Crippen LogP contribution in [0.2, 0.25) is 0 Å². The van der Waals surface area contributed by atoms with E-state index in [4.69, 9.17) is 0 Å². The molecule has 4 rings (SSSR count). The Hall–Kier alpha value is -3.54. The van der Waals surface area contributed by atoms with E-state index in [9.17, 15) is 9.18 Å². The Bertz CT molecular complexity index is 1110. The number of benzene rings is 1. The van der Waals surface area contributed by atoms with E-state index in [0.29, 0.717) is 12.0 Å². The lowest BCUT2D eigenvalue weighted by atomic mass is 10.1. The number of hydrogen-bond donors (Lipinski definition) is 1. The van der Waals surface area contributed by atoms with Crippen molar-refractivity contribution in [3.8, 4) is 11.3 Å². The maximum absolute atomic E-state index is 13.1. The molecule has 1 amide bonds. The van der Waals surface area contributed by atoms with Crippen molar-refractivity contribution < 1.29 is 9.18 Å². The number of amides is 1. The molecule has 0 spiro atoms. The largest absolute Gasteiger partial charge is 0.349 e. The number of hydrogen-bond acceptors (Lipinski definition) is 3. The van der Waals surface area contributed by atoms with Crippen LogP contribution in [0.15, 0.2) is 73.3 Å². The van der Waals surface area contributed by atoms with Gasteiger partial charge in [-0.3, -0.25) is 9.78 Å². The van der Waals surface area contributed by atoms with Gasteiger partial charge in [-0.05, 0) is 61.4 Å². The normalized spacial score (nSPS) is 12.1. The minimum atomic E-state index is -0.285. The number of nitrogens with one attached hydrogen (secondary N) is 1. The van der Waals surface area contributed by atoms with E-state index in [1.54, 1.807) is 47.3 Å². The zero-order valence-electron chi connectivity index (χ0n) is 15.3. The van der Waals surface area contributed by atoms with Crippen LogP contribution < -0.4 is 5.32 Å². The van der Waals surface area contributed by atoms with Crippen LogP contribution in [0.1, 0.15) is 22.8 Å². The molecule has 1 atom stereocenters. The number of halogens is 1. The van der Waals surface area contributed by atoms with Crippen LogP contribution in [-0.2, 0) is 6.42 Å². The molecule has 1 unspecified atom stereocenters. The zero-order chi connectivity index (χ0) is 19.5. The summed E-state index contributed by atoms with van der Waals surface area (Å²) in [4.78, 5) is 21.2. The van der Waals surface area contributed by atoms with Gasteiger partial charge in [0.1, 0.15) is 11.5 Å². The van der Waals surface area contributed by atoms with Gasteiger partial charge in [0.25, 0.3) is 5.91 Å². The topological polar surface area (TPSA) is 59.3 Å². The molecule has 28 heavy (non-hydrogen) atoms. The molecule has 0 aliphatic carbocycles. The Kier molecular flexibility index (Phi) is 4.85. The van der Waals surface area contributed by atoms with Gasteiger partial charge in [0.2, 0.25) is 0 Å². The maximum Gasteiger partial charge on any atom is 0.252 e. The lowest BCUT2D eigenvalue weighted by molar-refractivity contribution is 0.0939. The summed E-state index contributed by atoms with van der Waals surface area (Å²) in [6, 6.07) is 13.6. The number of carbonyl (C=O) groups excluding carboxylic acids is 1. The van der Waals surface area contributed by atoms with E-state index in [0.717, 1.165) is 22.5 Å². The van der Waals surface area contributed by atoms with Crippen molar-refractivity contribution in [3.63, 3.8) is 0 Å². The molecule has 4 aromatic rings. The highest BCUT2D eigenvalue weighted by molar-refractivity contribution is 5.94. The number of aromatic nitrogens is 3. The van der Waals surface area contributed by atoms with E-state index in [1.807, 2.05) is 25.3 Å². The summed E-state index contributed by atoms with van der Waals surface area (Å²) in [5.74, 6) is -0.429. The summed E-state index contributed by atoms with van der Waals surface area (Å²) in [6.45, 7) is 1.97. The van der Waals surface area contributed by atoms with Crippen LogP contribution >= 0.6 is 0 Å². The van der Waals surface area contributed by atoms with Crippen molar-refractivity contribution in [1.29, 1.82) is 0 Å². The maximum atomic E-state index is 13.1. The minimum Gasteiger partial charge on any atom is -0.349 e. The number of fused-ring (bicyclic) bond motifs is 1. The fraction of sp³-hybridized carbons (Fsp3) is 0.136. The first-order valence-electron chi connectivity index (χ1n) is 9.03. The number of carbonyl (C=O) groups is 1. The van der Waals surface area contributed by atoms with Crippen LogP contribution in [0.4, 0.5) is 4.39 Å². The summed E-state index contributed by atoms with van der Waals surface area (Å²) in [7, 11) is 0. The highest BCUT2D eigenvalue weighted by atomic mass is 19.1. The quantitative estimate of drug-likeness (QED) is 0.576. The fourth-order valence-electron chi connectivity index (χ4n) is 3.12. The van der Waals surface area contributed by atoms with Crippen molar-refractivity contribution in [2.45, 2.75) is 19.4 Å². The molecule has 3 heterocycles. The van der Waals surface area contributed by atoms with Gasteiger partial charge in [0, 0.05) is 36.4 Å². The summed E-state index contributed by atoms with van der Waals surface area (Å²) >= 11 is 0. The molecule has 140 valence electrons. The van der Waals surface area contributed by atoms with Gasteiger partial charge in [0.15, 0.2) is 0 Å². The van der Waals surface area contributed by atoms with E-state index in [-0.39, 0.29) is 17.8 Å². The van der Waals surface area contributed by atoms with Gasteiger partial charge in [-0.2, -0.15) is 0 Å². The SMILES string of the molecule is CC(Cc1cccnc1)NC(=O)c1ccc2nc(-c3ccc(F)cc3)cn2c1. The van der Waals surface area contributed by atoms with Crippen LogP contribution in [0, 0.1) is 5.82 Å². The van der Waals surface area contributed by atoms with E-state index in [2.05, 4.69) is 15.3 Å². The zero-order valence-corrected chi connectivity index (χ0v) is 15.3. The average molecular weight is 374 g/mol. The third-order valence-electron chi connectivity index (χ3n) is 4.50. The first kappa shape index (κ1) is 17.9. The smallest absolute Gasteiger partial charge is 0.252 e. The summed E-state index contributed by atoms with van der Waals surface area (Å²) in [6.07, 6.45) is 7.83. The molecule has 0 bridgehead atoms. The molecule has 0 saturated heterocycles. The van der Waals surface area contributed by atoms with Crippen LogP contribution in [0.5, 0.6) is 0 Å². The van der Waals surface area contributed by atoms with Gasteiger partial charge in [-0.15, -0.1) is 0 Å². The van der Waals surface area contributed by atoms with E-state index >= 15 is 0 Å². The predicted octanol–water partition coefficient (Wildman–Crippen LogP) is 3.90. The molecule has 0 aliphatic heterocycles. The highest BCUT2D eigenvalue weighted by Gasteiger charge is 2.12. The molecule has 3 aromatic heterocycles. The molecular formula is C22H19FN4O. The molecule has 0 saturated carbocycles. The second-order valence-electron chi connectivity index (χ2n) is 6.76. The monoisotopic (exact) mass is 374 g/mol. The van der Waals surface area contributed by atoms with Crippen molar-refractivity contribution >= 4 is 11.6 Å². The number of rotatable bonds is 5. The van der Waals surface area contributed by atoms with Crippen molar-refractivity contribution in [3.05, 3.63) is 90.3 Å². The highest BCUT2D eigenvalue weighted by Crippen LogP contribution is 2.20. The standard InChI is InChI=1S/C22H19FN4O/c1-15(11-16-3-2-10-24-12-16)25-22(28)18-6-9-21-26-20(14-27(21)13-18)17-4-7-19(23)8-5-17/h2-10,12-15H,11H2,1H3,(H,25,28). The van der Waals surface area contributed by atoms with Crippen LogP contribution in [0.25, 0.3) is 16.9 Å². The van der Waals surface area contributed by atoms with Crippen molar-refractivity contribution in [2.75, 3.05) is 0 Å². The fourth-order valence-corrected chi connectivity index (χ4v) is 3.12. The third-order valence-corrected chi connectivity index (χ3v) is 4.50. The number of nitrogens with zero attached hydrogens (tertiary/aromatic N) is 3. The molecule has 1 aromatic carbocycles.